The van der Waals surface area contributed by atoms with E-state index in [2.05, 4.69) is 17.2 Å². The van der Waals surface area contributed by atoms with Gasteiger partial charge in [0, 0.05) is 18.7 Å². The van der Waals surface area contributed by atoms with E-state index in [0.717, 1.165) is 5.56 Å². The number of benzene rings is 1. The highest BCUT2D eigenvalue weighted by molar-refractivity contribution is 5.92. The van der Waals surface area contributed by atoms with Crippen molar-refractivity contribution in [2.24, 2.45) is 0 Å². The molecule has 0 aromatic heterocycles. The Morgan fingerprint density at radius 1 is 1.26 bits per heavy atom. The van der Waals surface area contributed by atoms with Gasteiger partial charge < -0.3 is 15.7 Å². The molecule has 1 aromatic rings. The van der Waals surface area contributed by atoms with Crippen LogP contribution in [0.15, 0.2) is 36.9 Å². The largest absolute Gasteiger partial charge is 0.481 e. The van der Waals surface area contributed by atoms with Crippen molar-refractivity contribution in [2.75, 3.05) is 18.4 Å². The number of aliphatic carboxylic acids is 1. The molecule has 0 aliphatic rings. The number of hydrogen-bond acceptors (Lipinski definition) is 3. The minimum atomic E-state index is -0.814. The molecule has 0 aliphatic carbocycles. The zero-order valence-corrected chi connectivity index (χ0v) is 10.7. The third-order valence-electron chi connectivity index (χ3n) is 2.44. The number of carbonyl (C=O) groups is 2. The van der Waals surface area contributed by atoms with Crippen molar-refractivity contribution in [3.63, 3.8) is 0 Å². The van der Waals surface area contributed by atoms with Crippen LogP contribution < -0.4 is 10.6 Å². The van der Waals surface area contributed by atoms with E-state index in [0.29, 0.717) is 18.7 Å². The molecule has 19 heavy (non-hydrogen) atoms. The van der Waals surface area contributed by atoms with Crippen molar-refractivity contribution >= 4 is 17.6 Å². The summed E-state index contributed by atoms with van der Waals surface area (Å²) in [7, 11) is 0. The molecule has 0 saturated heterocycles. The van der Waals surface area contributed by atoms with Crippen LogP contribution in [0, 0.1) is 0 Å². The summed E-state index contributed by atoms with van der Waals surface area (Å²) < 4.78 is 0. The van der Waals surface area contributed by atoms with Gasteiger partial charge in [-0.15, -0.1) is 6.58 Å². The zero-order valence-electron chi connectivity index (χ0n) is 10.7. The van der Waals surface area contributed by atoms with Crippen LogP contribution in [-0.2, 0) is 16.0 Å². The monoisotopic (exact) mass is 262 g/mol. The standard InChI is InChI=1S/C14H18N2O3/c1-2-9-15-10-13(17)16-12-6-3-11(4-7-12)5-8-14(18)19/h2-4,6-7,15H,1,5,8-10H2,(H,16,17)(H,18,19). The highest BCUT2D eigenvalue weighted by Crippen LogP contribution is 2.10. The molecule has 1 aromatic carbocycles. The Bertz CT molecular complexity index is 441. The van der Waals surface area contributed by atoms with Gasteiger partial charge in [0.05, 0.1) is 6.54 Å². The summed E-state index contributed by atoms with van der Waals surface area (Å²) in [5.74, 6) is -0.939. The molecule has 1 rings (SSSR count). The number of carboxylic acids is 1. The Morgan fingerprint density at radius 3 is 2.53 bits per heavy atom. The van der Waals surface area contributed by atoms with E-state index in [1.54, 1.807) is 18.2 Å². The van der Waals surface area contributed by atoms with Crippen LogP contribution >= 0.6 is 0 Å². The van der Waals surface area contributed by atoms with Crippen LogP contribution in [0.2, 0.25) is 0 Å². The molecular formula is C14H18N2O3. The van der Waals surface area contributed by atoms with Crippen LogP contribution in [0.4, 0.5) is 5.69 Å². The molecule has 0 spiro atoms. The van der Waals surface area contributed by atoms with E-state index in [1.807, 2.05) is 12.1 Å². The SMILES string of the molecule is C=CCNCC(=O)Nc1ccc(CCC(=O)O)cc1. The summed E-state index contributed by atoms with van der Waals surface area (Å²) in [6, 6.07) is 7.16. The second-order valence-electron chi connectivity index (χ2n) is 4.06. The molecule has 0 bridgehead atoms. The summed E-state index contributed by atoms with van der Waals surface area (Å²) in [5.41, 5.74) is 1.63. The van der Waals surface area contributed by atoms with Crippen LogP contribution in [0.5, 0.6) is 0 Å². The van der Waals surface area contributed by atoms with Gasteiger partial charge in [0.25, 0.3) is 0 Å². The molecule has 0 fully saturated rings. The Hall–Kier alpha value is -2.14. The molecule has 0 heterocycles. The van der Waals surface area contributed by atoms with E-state index >= 15 is 0 Å². The number of carbonyl (C=O) groups excluding carboxylic acids is 1. The number of anilines is 1. The predicted octanol–water partition coefficient (Wildman–Crippen LogP) is 1.42. The van der Waals surface area contributed by atoms with Gasteiger partial charge in [-0.25, -0.2) is 0 Å². The average Bonchev–Trinajstić information content (AvgIpc) is 2.38. The Labute approximate surface area is 112 Å². The maximum atomic E-state index is 11.5. The fraction of sp³-hybridized carbons (Fsp3) is 0.286. The first-order valence-corrected chi connectivity index (χ1v) is 6.04. The van der Waals surface area contributed by atoms with E-state index in [4.69, 9.17) is 5.11 Å². The lowest BCUT2D eigenvalue weighted by Crippen LogP contribution is -2.28. The van der Waals surface area contributed by atoms with E-state index < -0.39 is 5.97 Å². The second-order valence-corrected chi connectivity index (χ2v) is 4.06. The summed E-state index contributed by atoms with van der Waals surface area (Å²) in [6.07, 6.45) is 2.28. The maximum absolute atomic E-state index is 11.5. The van der Waals surface area contributed by atoms with Crippen LogP contribution in [-0.4, -0.2) is 30.1 Å². The van der Waals surface area contributed by atoms with Crippen LogP contribution in [0.3, 0.4) is 0 Å². The second kappa shape index (κ2) is 8.05. The van der Waals surface area contributed by atoms with Crippen molar-refractivity contribution in [2.45, 2.75) is 12.8 Å². The third-order valence-corrected chi connectivity index (χ3v) is 2.44. The van der Waals surface area contributed by atoms with Crippen LogP contribution in [0.25, 0.3) is 0 Å². The van der Waals surface area contributed by atoms with Crippen molar-refractivity contribution in [1.29, 1.82) is 0 Å². The Morgan fingerprint density at radius 2 is 1.95 bits per heavy atom. The van der Waals surface area contributed by atoms with E-state index in [1.165, 1.54) is 0 Å². The normalized spacial score (nSPS) is 9.89. The number of hydrogen-bond donors (Lipinski definition) is 3. The maximum Gasteiger partial charge on any atom is 0.303 e. The summed E-state index contributed by atoms with van der Waals surface area (Å²) in [5, 5.41) is 14.2. The minimum absolute atomic E-state index is 0.108. The predicted molar refractivity (Wildman–Crippen MR) is 74.1 cm³/mol. The Balaban J connectivity index is 2.40. The number of amides is 1. The lowest BCUT2D eigenvalue weighted by molar-refractivity contribution is -0.137. The van der Waals surface area contributed by atoms with Crippen molar-refractivity contribution < 1.29 is 14.7 Å². The fourth-order valence-corrected chi connectivity index (χ4v) is 1.50. The minimum Gasteiger partial charge on any atom is -0.481 e. The van der Waals surface area contributed by atoms with Crippen LogP contribution in [0.1, 0.15) is 12.0 Å². The average molecular weight is 262 g/mol. The molecule has 5 nitrogen and oxygen atoms in total. The summed E-state index contributed by atoms with van der Waals surface area (Å²) in [4.78, 5) is 21.9. The van der Waals surface area contributed by atoms with Gasteiger partial charge in [-0.05, 0) is 24.1 Å². The molecule has 102 valence electrons. The molecule has 0 atom stereocenters. The smallest absolute Gasteiger partial charge is 0.303 e. The highest BCUT2D eigenvalue weighted by Gasteiger charge is 2.02. The first-order valence-electron chi connectivity index (χ1n) is 6.04. The number of carboxylic acid groups (broad SMARTS) is 1. The summed E-state index contributed by atoms with van der Waals surface area (Å²) in [6.45, 7) is 4.36. The zero-order chi connectivity index (χ0) is 14.1. The molecular weight excluding hydrogens is 244 g/mol. The Kier molecular flexibility index (Phi) is 6.32. The fourth-order valence-electron chi connectivity index (χ4n) is 1.50. The van der Waals surface area contributed by atoms with E-state index in [-0.39, 0.29) is 18.9 Å². The first-order chi connectivity index (χ1) is 9.11. The first kappa shape index (κ1) is 14.9. The molecule has 1 amide bonds. The van der Waals surface area contributed by atoms with Gasteiger partial charge in [-0.1, -0.05) is 18.2 Å². The molecule has 3 N–H and O–H groups in total. The molecule has 0 aliphatic heterocycles. The molecule has 5 heteroatoms. The topological polar surface area (TPSA) is 78.4 Å². The molecule has 0 unspecified atom stereocenters. The molecule has 0 radical (unpaired) electrons. The van der Waals surface area contributed by atoms with Gasteiger partial charge in [0.15, 0.2) is 0 Å². The molecule has 0 saturated carbocycles. The van der Waals surface area contributed by atoms with Gasteiger partial charge >= 0.3 is 5.97 Å². The number of nitrogens with one attached hydrogen (secondary N) is 2. The lowest BCUT2D eigenvalue weighted by Gasteiger charge is -2.06. The number of aryl methyl sites for hydroxylation is 1. The van der Waals surface area contributed by atoms with Crippen molar-refractivity contribution in [1.82, 2.24) is 5.32 Å². The van der Waals surface area contributed by atoms with Gasteiger partial charge in [-0.2, -0.15) is 0 Å². The van der Waals surface area contributed by atoms with Gasteiger partial charge in [-0.3, -0.25) is 9.59 Å². The van der Waals surface area contributed by atoms with Gasteiger partial charge in [0.1, 0.15) is 0 Å². The van der Waals surface area contributed by atoms with Crippen molar-refractivity contribution in [3.05, 3.63) is 42.5 Å². The third kappa shape index (κ3) is 6.38. The highest BCUT2D eigenvalue weighted by atomic mass is 16.4. The van der Waals surface area contributed by atoms with Gasteiger partial charge in [0.2, 0.25) is 5.91 Å². The summed E-state index contributed by atoms with van der Waals surface area (Å²) >= 11 is 0. The van der Waals surface area contributed by atoms with Crippen molar-refractivity contribution in [3.8, 4) is 0 Å². The lowest BCUT2D eigenvalue weighted by atomic mass is 10.1. The number of rotatable bonds is 8. The van der Waals surface area contributed by atoms with E-state index in [9.17, 15) is 9.59 Å². The quantitative estimate of drug-likeness (QED) is 0.489.